The van der Waals surface area contributed by atoms with Crippen molar-refractivity contribution >= 4 is 11.4 Å². The van der Waals surface area contributed by atoms with Gasteiger partial charge in [0.15, 0.2) is 0 Å². The second kappa shape index (κ2) is 7.99. The molecule has 1 rings (SSSR count). The van der Waals surface area contributed by atoms with E-state index in [1.807, 2.05) is 0 Å². The summed E-state index contributed by atoms with van der Waals surface area (Å²) in [7, 11) is 0. The highest BCUT2D eigenvalue weighted by molar-refractivity contribution is 5.58. The van der Waals surface area contributed by atoms with E-state index in [1.54, 1.807) is 0 Å². The number of nitrogens with one attached hydrogen (secondary N) is 1. The largest absolute Gasteiger partial charge is 0.385 e. The third-order valence-corrected chi connectivity index (χ3v) is 3.08. The van der Waals surface area contributed by atoms with Gasteiger partial charge in [-0.3, -0.25) is 0 Å². The summed E-state index contributed by atoms with van der Waals surface area (Å²) in [5.74, 6) is 0. The van der Waals surface area contributed by atoms with Gasteiger partial charge in [-0.15, -0.1) is 0 Å². The van der Waals surface area contributed by atoms with E-state index >= 15 is 0 Å². The van der Waals surface area contributed by atoms with Crippen molar-refractivity contribution in [2.24, 2.45) is 0 Å². The van der Waals surface area contributed by atoms with E-state index in [-0.39, 0.29) is 0 Å². The molecule has 0 fully saturated rings. The zero-order chi connectivity index (χ0) is 12.5. The van der Waals surface area contributed by atoms with Gasteiger partial charge in [0, 0.05) is 31.0 Å². The van der Waals surface area contributed by atoms with Crippen molar-refractivity contribution in [2.45, 2.75) is 40.0 Å². The molecule has 0 saturated heterocycles. The maximum absolute atomic E-state index is 3.50. The fraction of sp³-hybridized carbons (Fsp3) is 0.600. The molecule has 1 aromatic carbocycles. The summed E-state index contributed by atoms with van der Waals surface area (Å²) in [6.07, 6.45) is 3.84. The minimum atomic E-state index is 1.07. The van der Waals surface area contributed by atoms with E-state index in [2.05, 4.69) is 55.3 Å². The summed E-state index contributed by atoms with van der Waals surface area (Å²) >= 11 is 0. The van der Waals surface area contributed by atoms with Gasteiger partial charge in [-0.1, -0.05) is 25.8 Å². The third kappa shape index (κ3) is 4.68. The smallest absolute Gasteiger partial charge is 0.0386 e. The van der Waals surface area contributed by atoms with Gasteiger partial charge < -0.3 is 10.2 Å². The van der Waals surface area contributed by atoms with Gasteiger partial charge in [0.25, 0.3) is 0 Å². The molecule has 0 saturated carbocycles. The lowest BCUT2D eigenvalue weighted by atomic mass is 10.2. The molecule has 96 valence electrons. The molecular weight excluding hydrogens is 208 g/mol. The highest BCUT2D eigenvalue weighted by atomic mass is 15.1. The van der Waals surface area contributed by atoms with Gasteiger partial charge in [-0.05, 0) is 38.5 Å². The van der Waals surface area contributed by atoms with Crippen molar-refractivity contribution in [1.82, 2.24) is 0 Å². The molecule has 17 heavy (non-hydrogen) atoms. The van der Waals surface area contributed by atoms with Crippen LogP contribution in [0.4, 0.5) is 11.4 Å². The molecule has 0 aliphatic carbocycles. The van der Waals surface area contributed by atoms with Crippen LogP contribution < -0.4 is 10.2 Å². The predicted octanol–water partition coefficient (Wildman–Crippen LogP) is 4.13. The van der Waals surface area contributed by atoms with E-state index in [0.29, 0.717) is 0 Å². The Morgan fingerprint density at radius 1 is 1.06 bits per heavy atom. The van der Waals surface area contributed by atoms with E-state index < -0.39 is 0 Å². The molecule has 1 aromatic rings. The molecule has 0 aromatic heterocycles. The van der Waals surface area contributed by atoms with Gasteiger partial charge in [0.1, 0.15) is 0 Å². The van der Waals surface area contributed by atoms with Crippen molar-refractivity contribution in [2.75, 3.05) is 29.9 Å². The normalized spacial score (nSPS) is 10.3. The first-order valence-corrected chi connectivity index (χ1v) is 6.90. The van der Waals surface area contributed by atoms with Gasteiger partial charge >= 0.3 is 0 Å². The molecule has 0 heterocycles. The van der Waals surface area contributed by atoms with Crippen molar-refractivity contribution in [1.29, 1.82) is 0 Å². The molecule has 0 aliphatic heterocycles. The highest BCUT2D eigenvalue weighted by Crippen LogP contribution is 2.19. The predicted molar refractivity (Wildman–Crippen MR) is 78.0 cm³/mol. The van der Waals surface area contributed by atoms with Crippen molar-refractivity contribution in [3.05, 3.63) is 24.3 Å². The fourth-order valence-electron chi connectivity index (χ4n) is 2.01. The van der Waals surface area contributed by atoms with Crippen LogP contribution in [0.25, 0.3) is 0 Å². The number of unbranched alkanes of at least 4 members (excludes halogenated alkanes) is 2. The lowest BCUT2D eigenvalue weighted by Crippen LogP contribution is -2.21. The maximum Gasteiger partial charge on any atom is 0.0386 e. The second-order valence-corrected chi connectivity index (χ2v) is 4.36. The van der Waals surface area contributed by atoms with Crippen LogP contribution in [0, 0.1) is 0 Å². The van der Waals surface area contributed by atoms with Gasteiger partial charge in [-0.25, -0.2) is 0 Å². The van der Waals surface area contributed by atoms with E-state index in [0.717, 1.165) is 19.6 Å². The van der Waals surface area contributed by atoms with Crippen molar-refractivity contribution in [3.63, 3.8) is 0 Å². The number of hydrogen-bond donors (Lipinski definition) is 1. The zero-order valence-electron chi connectivity index (χ0n) is 11.5. The summed E-state index contributed by atoms with van der Waals surface area (Å²) in [4.78, 5) is 2.37. The average molecular weight is 234 g/mol. The number of benzene rings is 1. The lowest BCUT2D eigenvalue weighted by Gasteiger charge is -2.21. The first-order valence-electron chi connectivity index (χ1n) is 6.90. The summed E-state index contributed by atoms with van der Waals surface area (Å²) in [6.45, 7) is 9.85. The lowest BCUT2D eigenvalue weighted by molar-refractivity contribution is 0.744. The van der Waals surface area contributed by atoms with Crippen molar-refractivity contribution in [3.8, 4) is 0 Å². The molecule has 0 spiro atoms. The molecular formula is C15H26N2. The Bertz CT molecular complexity index is 306. The first kappa shape index (κ1) is 13.9. The molecule has 2 heteroatoms. The van der Waals surface area contributed by atoms with E-state index in [9.17, 15) is 0 Å². The quantitative estimate of drug-likeness (QED) is 0.680. The van der Waals surface area contributed by atoms with Crippen LogP contribution >= 0.6 is 0 Å². The average Bonchev–Trinajstić information content (AvgIpc) is 2.37. The number of anilines is 2. The molecule has 0 amide bonds. The molecule has 2 nitrogen and oxygen atoms in total. The van der Waals surface area contributed by atoms with Gasteiger partial charge in [0.05, 0.1) is 0 Å². The van der Waals surface area contributed by atoms with Crippen LogP contribution in [0.2, 0.25) is 0 Å². The molecule has 0 unspecified atom stereocenters. The monoisotopic (exact) mass is 234 g/mol. The zero-order valence-corrected chi connectivity index (χ0v) is 11.5. The SMILES string of the molecule is CCCCCNc1cccc(N(CC)CC)c1. The molecule has 0 atom stereocenters. The first-order chi connectivity index (χ1) is 8.31. The summed E-state index contributed by atoms with van der Waals surface area (Å²) in [6, 6.07) is 8.72. The fourth-order valence-corrected chi connectivity index (χ4v) is 2.01. The number of nitrogens with zero attached hydrogens (tertiary/aromatic N) is 1. The summed E-state index contributed by atoms with van der Waals surface area (Å²) < 4.78 is 0. The molecule has 0 bridgehead atoms. The van der Waals surface area contributed by atoms with Crippen LogP contribution in [0.3, 0.4) is 0 Å². The third-order valence-electron chi connectivity index (χ3n) is 3.08. The number of rotatable bonds is 8. The van der Waals surface area contributed by atoms with Crippen LogP contribution in [-0.4, -0.2) is 19.6 Å². The van der Waals surface area contributed by atoms with Gasteiger partial charge in [0.2, 0.25) is 0 Å². The summed E-state index contributed by atoms with van der Waals surface area (Å²) in [5.41, 5.74) is 2.56. The second-order valence-electron chi connectivity index (χ2n) is 4.36. The Kier molecular flexibility index (Phi) is 6.53. The molecule has 1 N–H and O–H groups in total. The van der Waals surface area contributed by atoms with Gasteiger partial charge in [-0.2, -0.15) is 0 Å². The summed E-state index contributed by atoms with van der Waals surface area (Å²) in [5, 5.41) is 3.50. The van der Waals surface area contributed by atoms with E-state index in [1.165, 1.54) is 30.6 Å². The highest BCUT2D eigenvalue weighted by Gasteiger charge is 2.01. The Labute approximate surface area is 106 Å². The van der Waals surface area contributed by atoms with Crippen LogP contribution in [-0.2, 0) is 0 Å². The topological polar surface area (TPSA) is 15.3 Å². The standard InChI is InChI=1S/C15H26N2/c1-4-7-8-12-16-14-10-9-11-15(13-14)17(5-2)6-3/h9-11,13,16H,4-8,12H2,1-3H3. The Morgan fingerprint density at radius 2 is 1.82 bits per heavy atom. The minimum Gasteiger partial charge on any atom is -0.385 e. The Balaban J connectivity index is 2.53. The maximum atomic E-state index is 3.50. The Morgan fingerprint density at radius 3 is 2.47 bits per heavy atom. The molecule has 0 aliphatic rings. The molecule has 0 radical (unpaired) electrons. The van der Waals surface area contributed by atoms with Crippen LogP contribution in [0.15, 0.2) is 24.3 Å². The van der Waals surface area contributed by atoms with Crippen molar-refractivity contribution < 1.29 is 0 Å². The number of hydrogen-bond acceptors (Lipinski definition) is 2. The van der Waals surface area contributed by atoms with Crippen LogP contribution in [0.5, 0.6) is 0 Å². The van der Waals surface area contributed by atoms with Crippen LogP contribution in [0.1, 0.15) is 40.0 Å². The Hall–Kier alpha value is -1.18. The van der Waals surface area contributed by atoms with E-state index in [4.69, 9.17) is 0 Å². The minimum absolute atomic E-state index is 1.07.